The molecule has 2 aromatic heterocycles. The van der Waals surface area contributed by atoms with E-state index in [4.69, 9.17) is 0 Å². The fraction of sp³-hybridized carbons (Fsp3) is 0.115. The first kappa shape index (κ1) is 19.4. The Morgan fingerprint density at radius 2 is 1.31 bits per heavy atom. The number of pyridine rings is 1. The van der Waals surface area contributed by atoms with E-state index in [1.165, 1.54) is 38.6 Å². The van der Waals surface area contributed by atoms with Crippen molar-refractivity contribution >= 4 is 21.8 Å². The number of rotatable bonds is 4. The monoisotopic (exact) mass is 442 g/mol. The third kappa shape index (κ3) is 3.58. The van der Waals surface area contributed by atoms with Crippen molar-refractivity contribution in [2.45, 2.75) is 20.0 Å². The smallest absolute Gasteiger partial charge is 0.203 e. The fourth-order valence-corrected chi connectivity index (χ4v) is 4.18. The van der Waals surface area contributed by atoms with E-state index in [0.717, 1.165) is 13.1 Å². The van der Waals surface area contributed by atoms with Gasteiger partial charge in [0.25, 0.3) is 0 Å². The average molecular weight is 443 g/mol. The van der Waals surface area contributed by atoms with Crippen LogP contribution in [0.3, 0.4) is 0 Å². The highest BCUT2D eigenvalue weighted by Crippen LogP contribution is 2.30. The van der Waals surface area contributed by atoms with Crippen LogP contribution >= 0.6 is 0 Å². The quantitative estimate of drug-likeness (QED) is 0.378. The lowest BCUT2D eigenvalue weighted by Gasteiger charge is -2.09. The van der Waals surface area contributed by atoms with Gasteiger partial charge in [-0.3, -0.25) is 0 Å². The van der Waals surface area contributed by atoms with Crippen molar-refractivity contribution in [3.63, 3.8) is 0 Å². The molecule has 0 bridgehead atoms. The van der Waals surface area contributed by atoms with E-state index >= 15 is 0 Å². The van der Waals surface area contributed by atoms with Crippen LogP contribution < -0.4 is 21.5 Å². The van der Waals surface area contributed by atoms with Gasteiger partial charge in [0.2, 0.25) is 5.69 Å². The van der Waals surface area contributed by atoms with Gasteiger partial charge in [-0.05, 0) is 11.6 Å². The van der Waals surface area contributed by atoms with Crippen molar-refractivity contribution in [2.24, 2.45) is 0 Å². The Hall–Kier alpha value is -2.91. The Morgan fingerprint density at radius 1 is 0.690 bits per heavy atom. The van der Waals surface area contributed by atoms with Gasteiger partial charge in [-0.25, -0.2) is 0 Å². The molecule has 5 rings (SSSR count). The minimum absolute atomic E-state index is 0. The standard InChI is InChI=1S/C26H23N2.BrH/c1-20-26-24(16-17-27(20)18-21-10-4-2-5-11-21)23-14-8-9-15-25(23)28(26)19-22-12-6-3-7-13-22;/h2-17H,18-19H2,1H3;1H/q+1;/p-1. The van der Waals surface area contributed by atoms with Crippen molar-refractivity contribution in [3.05, 3.63) is 114 Å². The maximum absolute atomic E-state index is 2.47. The van der Waals surface area contributed by atoms with Crippen LogP contribution in [0.5, 0.6) is 0 Å². The van der Waals surface area contributed by atoms with Crippen LogP contribution in [-0.4, -0.2) is 4.57 Å². The molecule has 0 aliphatic heterocycles. The Bertz CT molecular complexity index is 1260. The van der Waals surface area contributed by atoms with E-state index in [1.54, 1.807) is 0 Å². The second-order valence-electron chi connectivity index (χ2n) is 7.37. The van der Waals surface area contributed by atoms with E-state index in [0.29, 0.717) is 0 Å². The normalized spacial score (nSPS) is 10.9. The zero-order chi connectivity index (χ0) is 18.9. The SMILES string of the molecule is Cc1c2c(cc[n+]1Cc1ccccc1)c1ccccc1n2Cc1ccccc1.[Br-]. The molecule has 5 aromatic rings. The van der Waals surface area contributed by atoms with Crippen LogP contribution in [0.4, 0.5) is 0 Å². The lowest BCUT2D eigenvalue weighted by Crippen LogP contribution is -3.00. The molecular formula is C26H23BrN2. The summed E-state index contributed by atoms with van der Waals surface area (Å²) in [5.74, 6) is 0. The van der Waals surface area contributed by atoms with Gasteiger partial charge in [0.1, 0.15) is 5.52 Å². The van der Waals surface area contributed by atoms with Gasteiger partial charge in [0, 0.05) is 41.4 Å². The van der Waals surface area contributed by atoms with E-state index in [9.17, 15) is 0 Å². The Morgan fingerprint density at radius 3 is 2.03 bits per heavy atom. The molecule has 0 saturated heterocycles. The van der Waals surface area contributed by atoms with Crippen molar-refractivity contribution < 1.29 is 21.5 Å². The highest BCUT2D eigenvalue weighted by molar-refractivity contribution is 6.08. The molecule has 0 amide bonds. The van der Waals surface area contributed by atoms with Gasteiger partial charge >= 0.3 is 0 Å². The first-order valence-electron chi connectivity index (χ1n) is 9.79. The molecule has 144 valence electrons. The number of halogens is 1. The van der Waals surface area contributed by atoms with E-state index < -0.39 is 0 Å². The Kier molecular flexibility index (Phi) is 5.50. The largest absolute Gasteiger partial charge is 1.00 e. The molecule has 3 heteroatoms. The molecule has 0 aliphatic carbocycles. The zero-order valence-corrected chi connectivity index (χ0v) is 18.0. The van der Waals surface area contributed by atoms with Crippen LogP contribution in [-0.2, 0) is 13.1 Å². The molecular weight excluding hydrogens is 420 g/mol. The van der Waals surface area contributed by atoms with Crippen LogP contribution in [0.25, 0.3) is 21.8 Å². The number of benzene rings is 3. The van der Waals surface area contributed by atoms with Crippen molar-refractivity contribution in [1.82, 2.24) is 4.57 Å². The maximum atomic E-state index is 2.47. The summed E-state index contributed by atoms with van der Waals surface area (Å²) in [5.41, 5.74) is 6.56. The molecule has 0 aliphatic rings. The van der Waals surface area contributed by atoms with E-state index in [1.807, 2.05) is 0 Å². The molecule has 0 fully saturated rings. The summed E-state index contributed by atoms with van der Waals surface area (Å²) in [5, 5.41) is 2.65. The number of aromatic nitrogens is 2. The number of hydrogen-bond acceptors (Lipinski definition) is 0. The summed E-state index contributed by atoms with van der Waals surface area (Å²) in [7, 11) is 0. The predicted molar refractivity (Wildman–Crippen MR) is 115 cm³/mol. The summed E-state index contributed by atoms with van der Waals surface area (Å²) >= 11 is 0. The van der Waals surface area contributed by atoms with Gasteiger partial charge in [0.15, 0.2) is 12.7 Å². The molecule has 2 heterocycles. The van der Waals surface area contributed by atoms with Crippen molar-refractivity contribution in [2.75, 3.05) is 0 Å². The summed E-state index contributed by atoms with van der Waals surface area (Å²) in [4.78, 5) is 0. The first-order chi connectivity index (χ1) is 13.8. The molecule has 0 saturated carbocycles. The molecule has 2 nitrogen and oxygen atoms in total. The topological polar surface area (TPSA) is 8.81 Å². The molecule has 0 unspecified atom stereocenters. The molecule has 0 atom stereocenters. The van der Waals surface area contributed by atoms with Crippen LogP contribution in [0.15, 0.2) is 97.2 Å². The Labute approximate surface area is 181 Å². The number of fused-ring (bicyclic) bond motifs is 3. The van der Waals surface area contributed by atoms with E-state index in [-0.39, 0.29) is 17.0 Å². The van der Waals surface area contributed by atoms with Gasteiger partial charge in [-0.1, -0.05) is 78.9 Å². The maximum Gasteiger partial charge on any atom is 0.203 e. The second kappa shape index (κ2) is 8.22. The van der Waals surface area contributed by atoms with Gasteiger partial charge in [-0.15, -0.1) is 0 Å². The van der Waals surface area contributed by atoms with Crippen LogP contribution in [0.2, 0.25) is 0 Å². The zero-order valence-electron chi connectivity index (χ0n) is 16.4. The lowest BCUT2D eigenvalue weighted by atomic mass is 10.1. The van der Waals surface area contributed by atoms with Crippen molar-refractivity contribution in [3.8, 4) is 0 Å². The minimum Gasteiger partial charge on any atom is -1.00 e. The number of aryl methyl sites for hydroxylation is 1. The predicted octanol–water partition coefficient (Wildman–Crippen LogP) is 2.49. The molecule has 29 heavy (non-hydrogen) atoms. The molecule has 3 aromatic carbocycles. The van der Waals surface area contributed by atoms with Gasteiger partial charge < -0.3 is 21.5 Å². The van der Waals surface area contributed by atoms with Crippen LogP contribution in [0, 0.1) is 6.92 Å². The first-order valence-corrected chi connectivity index (χ1v) is 9.79. The van der Waals surface area contributed by atoms with E-state index in [2.05, 4.69) is 113 Å². The number of hydrogen-bond donors (Lipinski definition) is 0. The summed E-state index contributed by atoms with van der Waals surface area (Å²) in [6, 6.07) is 32.4. The fourth-order valence-electron chi connectivity index (χ4n) is 4.18. The van der Waals surface area contributed by atoms with Gasteiger partial charge in [-0.2, -0.15) is 4.57 Å². The van der Waals surface area contributed by atoms with Crippen LogP contribution in [0.1, 0.15) is 16.8 Å². The highest BCUT2D eigenvalue weighted by atomic mass is 79.9. The lowest BCUT2D eigenvalue weighted by molar-refractivity contribution is -0.693. The van der Waals surface area contributed by atoms with Gasteiger partial charge in [0.05, 0.1) is 0 Å². The highest BCUT2D eigenvalue weighted by Gasteiger charge is 2.19. The summed E-state index contributed by atoms with van der Waals surface area (Å²) in [6.07, 6.45) is 2.23. The summed E-state index contributed by atoms with van der Waals surface area (Å²) in [6.45, 7) is 4.00. The Balaban J connectivity index is 0.00000205. The molecule has 0 spiro atoms. The molecule has 0 radical (unpaired) electrons. The van der Waals surface area contributed by atoms with Crippen molar-refractivity contribution in [1.29, 1.82) is 0 Å². The average Bonchev–Trinajstić information content (AvgIpc) is 3.06. The molecule has 0 N–H and O–H groups in total. The number of para-hydroxylation sites is 1. The minimum atomic E-state index is 0. The third-order valence-electron chi connectivity index (χ3n) is 5.58. The second-order valence-corrected chi connectivity index (χ2v) is 7.37. The third-order valence-corrected chi connectivity index (χ3v) is 5.58. The summed E-state index contributed by atoms with van der Waals surface area (Å²) < 4.78 is 4.83. The number of nitrogens with zero attached hydrogens (tertiary/aromatic N) is 2.